The van der Waals surface area contributed by atoms with Gasteiger partial charge >= 0.3 is 0 Å². The van der Waals surface area contributed by atoms with Crippen molar-refractivity contribution in [2.75, 3.05) is 0 Å². The summed E-state index contributed by atoms with van der Waals surface area (Å²) in [5.74, 6) is 1.04. The van der Waals surface area contributed by atoms with Gasteiger partial charge in [0.1, 0.15) is 5.82 Å². The lowest BCUT2D eigenvalue weighted by Crippen LogP contribution is -2.22. The Morgan fingerprint density at radius 3 is 2.63 bits per heavy atom. The van der Waals surface area contributed by atoms with E-state index in [1.807, 2.05) is 30.9 Å². The van der Waals surface area contributed by atoms with Crippen molar-refractivity contribution in [1.82, 2.24) is 19.9 Å². The van der Waals surface area contributed by atoms with Crippen molar-refractivity contribution in [2.24, 2.45) is 7.05 Å². The molecule has 0 aliphatic heterocycles. The van der Waals surface area contributed by atoms with Crippen LogP contribution in [0, 0.1) is 20.8 Å². The number of pyridine rings is 1. The summed E-state index contributed by atoms with van der Waals surface area (Å²) in [6.07, 6.45) is 3.79. The smallest absolute Gasteiger partial charge is 0.122 e. The zero-order valence-corrected chi connectivity index (χ0v) is 12.4. The highest BCUT2D eigenvalue weighted by Crippen LogP contribution is 2.21. The van der Waals surface area contributed by atoms with Crippen molar-refractivity contribution >= 4 is 0 Å². The van der Waals surface area contributed by atoms with Crippen LogP contribution < -0.4 is 5.32 Å². The lowest BCUT2D eigenvalue weighted by atomic mass is 10.0. The lowest BCUT2D eigenvalue weighted by Gasteiger charge is -2.19. The number of aromatic nitrogens is 3. The molecule has 0 saturated carbocycles. The molecule has 4 nitrogen and oxygen atoms in total. The number of hydrogen-bond acceptors (Lipinski definition) is 3. The Morgan fingerprint density at radius 2 is 2.05 bits per heavy atom. The van der Waals surface area contributed by atoms with Gasteiger partial charge in [0.2, 0.25) is 0 Å². The van der Waals surface area contributed by atoms with Crippen molar-refractivity contribution in [3.05, 3.63) is 46.8 Å². The molecule has 0 aliphatic rings. The van der Waals surface area contributed by atoms with Crippen LogP contribution >= 0.6 is 0 Å². The van der Waals surface area contributed by atoms with Crippen LogP contribution in [0.15, 0.2) is 18.5 Å². The Kier molecular flexibility index (Phi) is 4.00. The van der Waals surface area contributed by atoms with Gasteiger partial charge < -0.3 is 9.88 Å². The molecule has 4 heteroatoms. The van der Waals surface area contributed by atoms with Gasteiger partial charge in [0, 0.05) is 36.9 Å². The fraction of sp³-hybridized carbons (Fsp3) is 0.467. The van der Waals surface area contributed by atoms with Crippen LogP contribution in [0.3, 0.4) is 0 Å². The summed E-state index contributed by atoms with van der Waals surface area (Å²) in [6.45, 7) is 9.20. The molecule has 1 atom stereocenters. The SMILES string of the molecule is Cc1cc(C)c(C(C)NCc2nccn2C)c(C)n1. The normalized spacial score (nSPS) is 12.7. The molecule has 0 saturated heterocycles. The minimum Gasteiger partial charge on any atom is -0.337 e. The zero-order valence-electron chi connectivity index (χ0n) is 12.4. The van der Waals surface area contributed by atoms with Gasteiger partial charge in [-0.15, -0.1) is 0 Å². The summed E-state index contributed by atoms with van der Waals surface area (Å²) in [4.78, 5) is 8.88. The Labute approximate surface area is 114 Å². The third-order valence-corrected chi connectivity index (χ3v) is 3.50. The quantitative estimate of drug-likeness (QED) is 0.916. The highest BCUT2D eigenvalue weighted by Gasteiger charge is 2.13. The number of imidazole rings is 1. The molecule has 0 radical (unpaired) electrons. The van der Waals surface area contributed by atoms with E-state index in [4.69, 9.17) is 0 Å². The van der Waals surface area contributed by atoms with Gasteiger partial charge in [-0.2, -0.15) is 0 Å². The number of rotatable bonds is 4. The minimum absolute atomic E-state index is 0.268. The van der Waals surface area contributed by atoms with Gasteiger partial charge in [0.25, 0.3) is 0 Å². The Hall–Kier alpha value is -1.68. The molecule has 19 heavy (non-hydrogen) atoms. The number of aryl methyl sites for hydroxylation is 4. The fourth-order valence-corrected chi connectivity index (χ4v) is 2.60. The van der Waals surface area contributed by atoms with Crippen LogP contribution in [-0.2, 0) is 13.6 Å². The van der Waals surface area contributed by atoms with Crippen LogP contribution in [0.1, 0.15) is 41.3 Å². The monoisotopic (exact) mass is 258 g/mol. The topological polar surface area (TPSA) is 42.7 Å². The minimum atomic E-state index is 0.268. The van der Waals surface area contributed by atoms with Gasteiger partial charge in [-0.3, -0.25) is 4.98 Å². The highest BCUT2D eigenvalue weighted by atomic mass is 15.1. The molecule has 0 aromatic carbocycles. The Bertz CT molecular complexity index is 548. The van der Waals surface area contributed by atoms with Crippen LogP contribution in [0.25, 0.3) is 0 Å². The van der Waals surface area contributed by atoms with E-state index in [0.29, 0.717) is 0 Å². The molecule has 0 amide bonds. The second kappa shape index (κ2) is 5.53. The van der Waals surface area contributed by atoms with E-state index >= 15 is 0 Å². The third-order valence-electron chi connectivity index (χ3n) is 3.50. The molecular weight excluding hydrogens is 236 g/mol. The van der Waals surface area contributed by atoms with E-state index in [-0.39, 0.29) is 6.04 Å². The van der Waals surface area contributed by atoms with Gasteiger partial charge in [-0.05, 0) is 44.9 Å². The average Bonchev–Trinajstić information content (AvgIpc) is 2.70. The molecule has 0 aliphatic carbocycles. The first-order chi connectivity index (χ1) is 8.99. The molecule has 2 aromatic rings. The Morgan fingerprint density at radius 1 is 1.32 bits per heavy atom. The van der Waals surface area contributed by atoms with Crippen LogP contribution in [-0.4, -0.2) is 14.5 Å². The number of nitrogens with one attached hydrogen (secondary N) is 1. The first kappa shape index (κ1) is 13.7. The van der Waals surface area contributed by atoms with Crippen molar-refractivity contribution in [1.29, 1.82) is 0 Å². The maximum Gasteiger partial charge on any atom is 0.122 e. The summed E-state index contributed by atoms with van der Waals surface area (Å²) in [5, 5.41) is 3.52. The molecule has 2 aromatic heterocycles. The summed E-state index contributed by atoms with van der Waals surface area (Å²) in [7, 11) is 2.01. The van der Waals surface area contributed by atoms with Crippen molar-refractivity contribution < 1.29 is 0 Å². The fourth-order valence-electron chi connectivity index (χ4n) is 2.60. The molecule has 2 heterocycles. The number of hydrogen-bond donors (Lipinski definition) is 1. The van der Waals surface area contributed by atoms with E-state index in [1.54, 1.807) is 0 Å². The summed E-state index contributed by atoms with van der Waals surface area (Å²) in [5.41, 5.74) is 4.78. The Balaban J connectivity index is 2.12. The maximum atomic E-state index is 4.56. The van der Waals surface area contributed by atoms with Gasteiger partial charge in [-0.1, -0.05) is 0 Å². The second-order valence-corrected chi connectivity index (χ2v) is 5.14. The summed E-state index contributed by atoms with van der Waals surface area (Å²) < 4.78 is 2.03. The predicted octanol–water partition coefficient (Wildman–Crippen LogP) is 2.59. The van der Waals surface area contributed by atoms with Crippen molar-refractivity contribution in [3.63, 3.8) is 0 Å². The predicted molar refractivity (Wildman–Crippen MR) is 76.9 cm³/mol. The molecule has 1 unspecified atom stereocenters. The lowest BCUT2D eigenvalue weighted by molar-refractivity contribution is 0.543. The van der Waals surface area contributed by atoms with Gasteiger partial charge in [-0.25, -0.2) is 4.98 Å². The van der Waals surface area contributed by atoms with Crippen LogP contribution in [0.4, 0.5) is 0 Å². The average molecular weight is 258 g/mol. The van der Waals surface area contributed by atoms with Crippen LogP contribution in [0.2, 0.25) is 0 Å². The maximum absolute atomic E-state index is 4.56. The first-order valence-electron chi connectivity index (χ1n) is 6.63. The second-order valence-electron chi connectivity index (χ2n) is 5.14. The molecule has 1 N–H and O–H groups in total. The summed E-state index contributed by atoms with van der Waals surface area (Å²) >= 11 is 0. The number of nitrogens with zero attached hydrogens (tertiary/aromatic N) is 3. The van der Waals surface area contributed by atoms with E-state index in [0.717, 1.165) is 23.8 Å². The first-order valence-corrected chi connectivity index (χ1v) is 6.63. The van der Waals surface area contributed by atoms with Gasteiger partial charge in [0.15, 0.2) is 0 Å². The van der Waals surface area contributed by atoms with Gasteiger partial charge in [0.05, 0.1) is 6.54 Å². The largest absolute Gasteiger partial charge is 0.337 e. The van der Waals surface area contributed by atoms with E-state index in [1.165, 1.54) is 11.1 Å². The van der Waals surface area contributed by atoms with Crippen molar-refractivity contribution in [3.8, 4) is 0 Å². The molecule has 2 rings (SSSR count). The standard InChI is InChI=1S/C15H22N4/c1-10-8-11(2)18-13(4)15(10)12(3)17-9-14-16-6-7-19(14)5/h6-8,12,17H,9H2,1-5H3. The van der Waals surface area contributed by atoms with E-state index in [2.05, 4.69) is 42.1 Å². The third kappa shape index (κ3) is 3.01. The van der Waals surface area contributed by atoms with E-state index < -0.39 is 0 Å². The highest BCUT2D eigenvalue weighted by molar-refractivity contribution is 5.33. The van der Waals surface area contributed by atoms with Crippen LogP contribution in [0.5, 0.6) is 0 Å². The molecule has 0 spiro atoms. The molecule has 0 bridgehead atoms. The molecule has 102 valence electrons. The van der Waals surface area contributed by atoms with Crippen molar-refractivity contribution in [2.45, 2.75) is 40.3 Å². The molecular formula is C15H22N4. The molecule has 0 fully saturated rings. The summed E-state index contributed by atoms with van der Waals surface area (Å²) in [6, 6.07) is 2.41. The van der Waals surface area contributed by atoms with E-state index in [9.17, 15) is 0 Å². The zero-order chi connectivity index (χ0) is 14.0.